The number of fused-ring (bicyclic) bond motifs is 5. The minimum Gasteiger partial charge on any atom is -0.393 e. The van der Waals surface area contributed by atoms with Crippen LogP contribution in [0.15, 0.2) is 23.4 Å². The van der Waals surface area contributed by atoms with Crippen LogP contribution in [-0.4, -0.2) is 29.2 Å². The van der Waals surface area contributed by atoms with Gasteiger partial charge in [0.1, 0.15) is 0 Å². The average molecular weight is 356 g/mol. The normalized spacial score (nSPS) is 48.2. The van der Waals surface area contributed by atoms with Gasteiger partial charge >= 0.3 is 0 Å². The number of aliphatic hydroxyl groups excluding tert-OH is 1. The van der Waals surface area contributed by atoms with Crippen LogP contribution in [0.25, 0.3) is 0 Å². The molecule has 0 radical (unpaired) electrons. The van der Waals surface area contributed by atoms with Gasteiger partial charge in [0.15, 0.2) is 0 Å². The maximum Gasteiger partial charge on any atom is 0.0596 e. The SMILES string of the molecule is C[C@]12CC[C@H]3[C@@H](CC=C4C=C(N5CCCCC5)CC[C@@]43C)[C@@H]1CC[C@@H]2O. The summed E-state index contributed by atoms with van der Waals surface area (Å²) >= 11 is 0. The van der Waals surface area contributed by atoms with Crippen LogP contribution in [0.3, 0.4) is 0 Å². The highest BCUT2D eigenvalue weighted by Gasteiger charge is 2.58. The molecule has 1 N–H and O–H groups in total. The Morgan fingerprint density at radius 3 is 2.62 bits per heavy atom. The quantitative estimate of drug-likeness (QED) is 0.691. The predicted molar refractivity (Wildman–Crippen MR) is 107 cm³/mol. The van der Waals surface area contributed by atoms with Gasteiger partial charge in [0, 0.05) is 18.8 Å². The third-order valence-corrected chi connectivity index (χ3v) is 9.46. The number of allylic oxidation sites excluding steroid dienone is 4. The average Bonchev–Trinajstić information content (AvgIpc) is 2.97. The molecule has 1 saturated heterocycles. The Morgan fingerprint density at radius 2 is 1.81 bits per heavy atom. The van der Waals surface area contributed by atoms with Gasteiger partial charge < -0.3 is 10.0 Å². The van der Waals surface area contributed by atoms with Crippen LogP contribution >= 0.6 is 0 Å². The lowest BCUT2D eigenvalue weighted by Gasteiger charge is -2.57. The monoisotopic (exact) mass is 355 g/mol. The topological polar surface area (TPSA) is 23.5 Å². The van der Waals surface area contributed by atoms with Crippen molar-refractivity contribution in [2.45, 2.75) is 84.2 Å². The van der Waals surface area contributed by atoms with Gasteiger partial charge in [-0.3, -0.25) is 0 Å². The van der Waals surface area contributed by atoms with Crippen LogP contribution in [0.2, 0.25) is 0 Å². The molecule has 3 fully saturated rings. The Labute approximate surface area is 159 Å². The molecule has 26 heavy (non-hydrogen) atoms. The van der Waals surface area contributed by atoms with E-state index in [0.29, 0.717) is 5.41 Å². The maximum absolute atomic E-state index is 10.6. The van der Waals surface area contributed by atoms with Crippen molar-refractivity contribution < 1.29 is 5.11 Å². The molecule has 0 spiro atoms. The number of hydrogen-bond donors (Lipinski definition) is 1. The van der Waals surface area contributed by atoms with Gasteiger partial charge in [-0.1, -0.05) is 19.9 Å². The largest absolute Gasteiger partial charge is 0.393 e. The summed E-state index contributed by atoms with van der Waals surface area (Å²) in [5.74, 6) is 2.40. The van der Waals surface area contributed by atoms with Crippen molar-refractivity contribution in [2.24, 2.45) is 28.6 Å². The van der Waals surface area contributed by atoms with Gasteiger partial charge in [-0.2, -0.15) is 0 Å². The summed E-state index contributed by atoms with van der Waals surface area (Å²) in [4.78, 5) is 2.68. The lowest BCUT2D eigenvalue weighted by molar-refractivity contribution is -0.0630. The molecule has 4 aliphatic carbocycles. The Balaban J connectivity index is 1.43. The molecule has 6 atom stereocenters. The van der Waals surface area contributed by atoms with Crippen molar-refractivity contribution in [2.75, 3.05) is 13.1 Å². The summed E-state index contributed by atoms with van der Waals surface area (Å²) in [5, 5.41) is 10.6. The number of nitrogens with zero attached hydrogens (tertiary/aromatic N) is 1. The fourth-order valence-corrected chi connectivity index (χ4v) is 7.71. The van der Waals surface area contributed by atoms with Crippen molar-refractivity contribution in [3.63, 3.8) is 0 Å². The molecule has 2 nitrogen and oxygen atoms in total. The highest BCUT2D eigenvalue weighted by Crippen LogP contribution is 2.64. The van der Waals surface area contributed by atoms with Crippen LogP contribution < -0.4 is 0 Å². The second-order valence-electron chi connectivity index (χ2n) is 10.5. The van der Waals surface area contributed by atoms with Crippen molar-refractivity contribution in [3.8, 4) is 0 Å². The van der Waals surface area contributed by atoms with E-state index in [1.54, 1.807) is 11.3 Å². The Kier molecular flexibility index (Phi) is 4.09. The summed E-state index contributed by atoms with van der Waals surface area (Å²) < 4.78 is 0. The number of hydrogen-bond acceptors (Lipinski definition) is 2. The smallest absolute Gasteiger partial charge is 0.0596 e. The molecular formula is C24H37NO. The lowest BCUT2D eigenvalue weighted by atomic mass is 9.48. The Bertz CT molecular complexity index is 630. The molecule has 0 aromatic heterocycles. The number of likely N-dealkylation sites (tertiary alicyclic amines) is 1. The molecule has 1 aliphatic heterocycles. The summed E-state index contributed by atoms with van der Waals surface area (Å²) in [6.45, 7) is 7.52. The van der Waals surface area contributed by atoms with E-state index in [1.165, 1.54) is 70.9 Å². The van der Waals surface area contributed by atoms with Crippen LogP contribution in [0.1, 0.15) is 78.1 Å². The van der Waals surface area contributed by atoms with Crippen molar-refractivity contribution in [1.29, 1.82) is 0 Å². The van der Waals surface area contributed by atoms with Gasteiger partial charge in [0.2, 0.25) is 0 Å². The van der Waals surface area contributed by atoms with Gasteiger partial charge in [-0.15, -0.1) is 0 Å². The molecule has 0 amide bonds. The number of aliphatic hydroxyl groups is 1. The highest BCUT2D eigenvalue weighted by atomic mass is 16.3. The van der Waals surface area contributed by atoms with Gasteiger partial charge in [0.25, 0.3) is 0 Å². The van der Waals surface area contributed by atoms with E-state index in [1.807, 2.05) is 0 Å². The zero-order valence-electron chi connectivity index (χ0n) is 16.8. The molecule has 5 rings (SSSR count). The summed E-state index contributed by atoms with van der Waals surface area (Å²) in [6.07, 6.45) is 18.1. The molecule has 1 heterocycles. The highest BCUT2D eigenvalue weighted by molar-refractivity contribution is 5.37. The second-order valence-corrected chi connectivity index (χ2v) is 10.5. The summed E-state index contributed by atoms with van der Waals surface area (Å²) in [5.41, 5.74) is 3.88. The van der Waals surface area contributed by atoms with E-state index in [0.717, 1.165) is 24.2 Å². The van der Waals surface area contributed by atoms with Crippen LogP contribution in [0.5, 0.6) is 0 Å². The number of rotatable bonds is 1. The lowest BCUT2D eigenvalue weighted by Crippen LogP contribution is -2.50. The molecule has 2 heteroatoms. The molecular weight excluding hydrogens is 318 g/mol. The van der Waals surface area contributed by atoms with Crippen molar-refractivity contribution in [3.05, 3.63) is 23.4 Å². The minimum absolute atomic E-state index is 0.0522. The molecule has 144 valence electrons. The first-order valence-electron chi connectivity index (χ1n) is 11.4. The second kappa shape index (κ2) is 6.12. The fraction of sp³-hybridized carbons (Fsp3) is 0.833. The minimum atomic E-state index is -0.0522. The molecule has 0 bridgehead atoms. The first-order chi connectivity index (χ1) is 12.5. The number of piperidine rings is 1. The van der Waals surface area contributed by atoms with E-state index in [9.17, 15) is 5.11 Å². The zero-order valence-corrected chi connectivity index (χ0v) is 16.8. The van der Waals surface area contributed by atoms with Crippen LogP contribution in [0.4, 0.5) is 0 Å². The van der Waals surface area contributed by atoms with E-state index >= 15 is 0 Å². The van der Waals surface area contributed by atoms with Gasteiger partial charge in [-0.25, -0.2) is 0 Å². The molecule has 5 aliphatic rings. The third-order valence-electron chi connectivity index (χ3n) is 9.46. The van der Waals surface area contributed by atoms with Crippen LogP contribution in [0, 0.1) is 28.6 Å². The first-order valence-corrected chi connectivity index (χ1v) is 11.4. The molecule has 2 saturated carbocycles. The van der Waals surface area contributed by atoms with Crippen molar-refractivity contribution in [1.82, 2.24) is 4.90 Å². The predicted octanol–water partition coefficient (Wildman–Crippen LogP) is 5.29. The van der Waals surface area contributed by atoms with Crippen LogP contribution in [-0.2, 0) is 0 Å². The first kappa shape index (κ1) is 17.3. The summed E-state index contributed by atoms with van der Waals surface area (Å²) in [7, 11) is 0. The maximum atomic E-state index is 10.6. The Morgan fingerprint density at radius 1 is 1.00 bits per heavy atom. The fourth-order valence-electron chi connectivity index (χ4n) is 7.71. The van der Waals surface area contributed by atoms with E-state index in [-0.39, 0.29) is 11.5 Å². The van der Waals surface area contributed by atoms with E-state index in [4.69, 9.17) is 0 Å². The van der Waals surface area contributed by atoms with E-state index < -0.39 is 0 Å². The molecule has 0 aromatic rings. The zero-order chi connectivity index (χ0) is 17.9. The third kappa shape index (κ3) is 2.40. The van der Waals surface area contributed by atoms with Gasteiger partial charge in [-0.05, 0) is 104 Å². The van der Waals surface area contributed by atoms with Crippen molar-refractivity contribution >= 4 is 0 Å². The van der Waals surface area contributed by atoms with E-state index in [2.05, 4.69) is 30.9 Å². The Hall–Kier alpha value is -0.760. The summed E-state index contributed by atoms with van der Waals surface area (Å²) in [6, 6.07) is 0. The standard InChI is InChI=1S/C24H37NO/c1-23-12-10-18(25-14-4-3-5-15-25)16-17(23)6-7-19-20-8-9-22(26)24(20,2)13-11-21(19)23/h6,16,19-22,26H,3-5,7-15H2,1-2H3/t19-,20-,21-,22-,23-,24-/m0/s1. The van der Waals surface area contributed by atoms with Gasteiger partial charge in [0.05, 0.1) is 6.10 Å². The molecule has 0 aromatic carbocycles. The molecule has 0 unspecified atom stereocenters.